The summed E-state index contributed by atoms with van der Waals surface area (Å²) >= 11 is 0. The van der Waals surface area contributed by atoms with Crippen LogP contribution in [-0.4, -0.2) is 36.5 Å². The summed E-state index contributed by atoms with van der Waals surface area (Å²) in [6.07, 6.45) is 1.45. The maximum absolute atomic E-state index is 13.2. The number of anilines is 2. The van der Waals surface area contributed by atoms with Crippen molar-refractivity contribution in [2.75, 3.05) is 26.1 Å². The Bertz CT molecular complexity index is 1740. The van der Waals surface area contributed by atoms with Crippen molar-refractivity contribution in [3.05, 3.63) is 155 Å². The van der Waals surface area contributed by atoms with E-state index >= 15 is 0 Å². The molecule has 6 rings (SSSR count). The van der Waals surface area contributed by atoms with Gasteiger partial charge in [0.1, 0.15) is 29.1 Å². The molecule has 1 aliphatic heterocycles. The first-order valence-electron chi connectivity index (χ1n) is 15.3. The normalized spacial score (nSPS) is 17.9. The van der Waals surface area contributed by atoms with E-state index in [1.54, 1.807) is 25.0 Å². The molecule has 1 aliphatic rings. The smallest absolute Gasteiger partial charge is 0.351 e. The van der Waals surface area contributed by atoms with Crippen molar-refractivity contribution in [2.45, 2.75) is 31.3 Å². The summed E-state index contributed by atoms with van der Waals surface area (Å²) in [7, 11) is 3.30. The predicted octanol–water partition coefficient (Wildman–Crippen LogP) is 7.06. The quantitative estimate of drug-likeness (QED) is 0.159. The highest BCUT2D eigenvalue weighted by atomic mass is 16.6. The molecular formula is C38H38N3O5. The average Bonchev–Trinajstić information content (AvgIpc) is 3.47. The van der Waals surface area contributed by atoms with Crippen LogP contribution >= 0.6 is 0 Å². The maximum atomic E-state index is 13.2. The second-order valence-corrected chi connectivity index (χ2v) is 11.4. The molecule has 1 aromatic heterocycles. The first kappa shape index (κ1) is 31.1. The van der Waals surface area contributed by atoms with Gasteiger partial charge in [-0.25, -0.2) is 4.79 Å². The highest BCUT2D eigenvalue weighted by Crippen LogP contribution is 2.43. The molecular weight excluding hydrogens is 578 g/mol. The number of aryl methyl sites for hydroxylation is 1. The Morgan fingerprint density at radius 3 is 1.96 bits per heavy atom. The SMILES string of the molecule is [CH2][C@@H]1C[C@H](n2cc(C)c(Nc3ccccc3)nc2=O)O[C@H]1COC(c1ccccc1)(c1ccc(OC)cc1)c1ccc(OC)cc1. The van der Waals surface area contributed by atoms with E-state index in [0.29, 0.717) is 12.2 Å². The second kappa shape index (κ2) is 13.6. The highest BCUT2D eigenvalue weighted by molar-refractivity contribution is 5.58. The summed E-state index contributed by atoms with van der Waals surface area (Å²) in [5.74, 6) is 1.89. The molecule has 0 aliphatic carbocycles. The molecule has 0 bridgehead atoms. The van der Waals surface area contributed by atoms with Gasteiger partial charge in [0.05, 0.1) is 26.9 Å². The largest absolute Gasteiger partial charge is 0.497 e. The van der Waals surface area contributed by atoms with Crippen LogP contribution in [0.2, 0.25) is 0 Å². The Hall–Kier alpha value is -4.92. The fourth-order valence-electron chi connectivity index (χ4n) is 5.97. The van der Waals surface area contributed by atoms with E-state index in [0.717, 1.165) is 39.4 Å². The average molecular weight is 617 g/mol. The molecule has 1 radical (unpaired) electrons. The number of hydrogen-bond acceptors (Lipinski definition) is 7. The Morgan fingerprint density at radius 2 is 1.39 bits per heavy atom. The third-order valence-electron chi connectivity index (χ3n) is 8.48. The van der Waals surface area contributed by atoms with Crippen molar-refractivity contribution in [1.82, 2.24) is 9.55 Å². The lowest BCUT2D eigenvalue weighted by molar-refractivity contribution is -0.0821. The van der Waals surface area contributed by atoms with Crippen molar-refractivity contribution in [3.63, 3.8) is 0 Å². The van der Waals surface area contributed by atoms with Crippen LogP contribution in [0.1, 0.15) is 34.9 Å². The molecule has 4 aromatic carbocycles. The van der Waals surface area contributed by atoms with Crippen molar-refractivity contribution < 1.29 is 18.9 Å². The number of ether oxygens (including phenoxy) is 4. The molecule has 1 saturated heterocycles. The Kier molecular flexibility index (Phi) is 9.19. The van der Waals surface area contributed by atoms with Crippen LogP contribution in [0.3, 0.4) is 0 Å². The number of aromatic nitrogens is 2. The molecule has 235 valence electrons. The van der Waals surface area contributed by atoms with Crippen LogP contribution < -0.4 is 20.5 Å². The molecule has 2 heterocycles. The van der Waals surface area contributed by atoms with Crippen molar-refractivity contribution in [1.29, 1.82) is 0 Å². The molecule has 0 spiro atoms. The third kappa shape index (κ3) is 6.27. The van der Waals surface area contributed by atoms with Crippen LogP contribution in [0, 0.1) is 19.8 Å². The van der Waals surface area contributed by atoms with E-state index < -0.39 is 17.5 Å². The number of methoxy groups -OCH3 is 2. The zero-order chi connectivity index (χ0) is 32.1. The molecule has 0 unspecified atom stereocenters. The van der Waals surface area contributed by atoms with Crippen LogP contribution in [-0.2, 0) is 15.1 Å². The van der Waals surface area contributed by atoms with Crippen molar-refractivity contribution in [2.24, 2.45) is 5.92 Å². The van der Waals surface area contributed by atoms with Gasteiger partial charge in [-0.2, -0.15) is 4.98 Å². The molecule has 5 aromatic rings. The maximum Gasteiger partial charge on any atom is 0.351 e. The minimum Gasteiger partial charge on any atom is -0.497 e. The standard InChI is InChI=1S/C38H38N3O5/c1-26-23-35(41-24-27(2)36(40-37(41)42)39-31-13-9-6-10-14-31)46-34(26)25-45-38(28-11-7-5-8-12-28,29-15-19-32(43-3)20-16-29)30-17-21-33(44-4)22-18-30/h5-22,24,26,34-35H,1,23,25H2,2-4H3,(H,39,40,42)/t26-,34+,35-/m1/s1. The summed E-state index contributed by atoms with van der Waals surface area (Å²) in [6, 6.07) is 35.6. The van der Waals surface area contributed by atoms with Gasteiger partial charge < -0.3 is 24.3 Å². The van der Waals surface area contributed by atoms with Gasteiger partial charge in [-0.05, 0) is 79.3 Å². The number of nitrogens with zero attached hydrogens (tertiary/aromatic N) is 2. The fourth-order valence-corrected chi connectivity index (χ4v) is 5.97. The highest BCUT2D eigenvalue weighted by Gasteiger charge is 2.41. The number of hydrogen-bond donors (Lipinski definition) is 1. The summed E-state index contributed by atoms with van der Waals surface area (Å²) in [4.78, 5) is 17.6. The zero-order valence-electron chi connectivity index (χ0n) is 26.3. The number of rotatable bonds is 11. The van der Waals surface area contributed by atoms with Crippen LogP contribution in [0.25, 0.3) is 0 Å². The van der Waals surface area contributed by atoms with E-state index in [9.17, 15) is 4.79 Å². The first-order valence-corrected chi connectivity index (χ1v) is 15.3. The summed E-state index contributed by atoms with van der Waals surface area (Å²) in [5.41, 5.74) is 3.12. The molecule has 0 amide bonds. The van der Waals surface area contributed by atoms with E-state index in [4.69, 9.17) is 18.9 Å². The van der Waals surface area contributed by atoms with Gasteiger partial charge in [-0.15, -0.1) is 0 Å². The number of benzene rings is 4. The molecule has 8 heteroatoms. The van der Waals surface area contributed by atoms with Crippen LogP contribution in [0.4, 0.5) is 11.5 Å². The first-order chi connectivity index (χ1) is 22.4. The number of nitrogens with one attached hydrogen (secondary N) is 1. The number of para-hydroxylation sites is 1. The van der Waals surface area contributed by atoms with E-state index in [-0.39, 0.29) is 18.6 Å². The van der Waals surface area contributed by atoms with Gasteiger partial charge in [-0.1, -0.05) is 72.8 Å². The fraction of sp³-hybridized carbons (Fsp3) is 0.237. The Morgan fingerprint density at radius 1 is 0.848 bits per heavy atom. The molecule has 46 heavy (non-hydrogen) atoms. The Balaban J connectivity index is 1.30. The van der Waals surface area contributed by atoms with Crippen molar-refractivity contribution in [3.8, 4) is 11.5 Å². The van der Waals surface area contributed by atoms with Gasteiger partial charge in [-0.3, -0.25) is 4.57 Å². The topological polar surface area (TPSA) is 83.8 Å². The van der Waals surface area contributed by atoms with Crippen LogP contribution in [0.15, 0.2) is 120 Å². The lowest BCUT2D eigenvalue weighted by Gasteiger charge is -2.37. The summed E-state index contributed by atoms with van der Waals surface area (Å²) in [6.45, 7) is 6.55. The van der Waals surface area contributed by atoms with Gasteiger partial charge in [0.15, 0.2) is 0 Å². The van der Waals surface area contributed by atoms with Crippen LogP contribution in [0.5, 0.6) is 11.5 Å². The predicted molar refractivity (Wildman–Crippen MR) is 179 cm³/mol. The summed E-state index contributed by atoms with van der Waals surface area (Å²) in [5, 5.41) is 3.23. The molecule has 3 atom stereocenters. The Labute approximate surface area is 269 Å². The van der Waals surface area contributed by atoms with Gasteiger partial charge in [0.2, 0.25) is 0 Å². The van der Waals surface area contributed by atoms with E-state index in [1.807, 2.05) is 104 Å². The van der Waals surface area contributed by atoms with Gasteiger partial charge in [0.25, 0.3) is 0 Å². The van der Waals surface area contributed by atoms with E-state index in [1.165, 1.54) is 0 Å². The summed E-state index contributed by atoms with van der Waals surface area (Å²) < 4.78 is 26.0. The van der Waals surface area contributed by atoms with E-state index in [2.05, 4.69) is 29.4 Å². The molecule has 0 saturated carbocycles. The lowest BCUT2D eigenvalue weighted by atomic mass is 9.80. The minimum absolute atomic E-state index is 0.125. The monoisotopic (exact) mass is 616 g/mol. The van der Waals surface area contributed by atoms with Gasteiger partial charge in [0, 0.05) is 17.4 Å². The third-order valence-corrected chi connectivity index (χ3v) is 8.48. The molecule has 1 fully saturated rings. The van der Waals surface area contributed by atoms with Gasteiger partial charge >= 0.3 is 5.69 Å². The lowest BCUT2D eigenvalue weighted by Crippen LogP contribution is -2.37. The molecule has 8 nitrogen and oxygen atoms in total. The zero-order valence-corrected chi connectivity index (χ0v) is 26.3. The van der Waals surface area contributed by atoms with Crippen molar-refractivity contribution >= 4 is 11.5 Å². The molecule has 1 N–H and O–H groups in total. The second-order valence-electron chi connectivity index (χ2n) is 11.4. The minimum atomic E-state index is -0.985.